The van der Waals surface area contributed by atoms with Crippen molar-refractivity contribution in [2.45, 2.75) is 45.4 Å². The maximum Gasteiger partial charge on any atom is 0.00886 e. The van der Waals surface area contributed by atoms with Crippen LogP contribution in [0.2, 0.25) is 0 Å². The first-order valence-corrected chi connectivity index (χ1v) is 4.16. The second-order valence-electron chi connectivity index (χ2n) is 2.41. The molecule has 0 aliphatic carbocycles. The summed E-state index contributed by atoms with van der Waals surface area (Å²) >= 11 is 0. The quantitative estimate of drug-likeness (QED) is 0.412. The van der Waals surface area contributed by atoms with Crippen LogP contribution in [0.4, 0.5) is 0 Å². The third kappa shape index (κ3) is 7.56. The standard InChI is InChI=1S/C10H17/c1-3-5-7-9-10-8-6-4-2/h1,3-8H2,2H3. The van der Waals surface area contributed by atoms with Crippen LogP contribution in [0.25, 0.3) is 0 Å². The molecular weight excluding hydrogens is 120 g/mol. The molecule has 57 valence electrons. The maximum atomic E-state index is 3.75. The fourth-order valence-electron chi connectivity index (χ4n) is 0.655. The lowest BCUT2D eigenvalue weighted by atomic mass is 10.2. The van der Waals surface area contributed by atoms with E-state index in [9.17, 15) is 0 Å². The molecule has 0 heteroatoms. The largest absolute Gasteiger partial charge is 0.103 e. The van der Waals surface area contributed by atoms with Gasteiger partial charge in [-0.15, -0.1) is 11.8 Å². The summed E-state index contributed by atoms with van der Waals surface area (Å²) in [5, 5.41) is 0. The van der Waals surface area contributed by atoms with E-state index in [4.69, 9.17) is 0 Å². The van der Waals surface area contributed by atoms with Crippen LogP contribution in [0.3, 0.4) is 0 Å². The van der Waals surface area contributed by atoms with Crippen LogP contribution in [0.1, 0.15) is 45.4 Å². The van der Waals surface area contributed by atoms with E-state index in [1.807, 2.05) is 0 Å². The van der Waals surface area contributed by atoms with Crippen molar-refractivity contribution < 1.29 is 0 Å². The number of unbranched alkanes of at least 4 members (excludes halogenated alkanes) is 4. The van der Waals surface area contributed by atoms with Crippen molar-refractivity contribution in [1.82, 2.24) is 0 Å². The van der Waals surface area contributed by atoms with Crippen LogP contribution in [-0.2, 0) is 0 Å². The highest BCUT2D eigenvalue weighted by molar-refractivity contribution is 4.98. The van der Waals surface area contributed by atoms with Crippen molar-refractivity contribution in [3.8, 4) is 11.8 Å². The lowest BCUT2D eigenvalue weighted by Gasteiger charge is -1.85. The van der Waals surface area contributed by atoms with Crippen molar-refractivity contribution in [2.75, 3.05) is 0 Å². The second-order valence-corrected chi connectivity index (χ2v) is 2.41. The van der Waals surface area contributed by atoms with E-state index < -0.39 is 0 Å². The monoisotopic (exact) mass is 137 g/mol. The van der Waals surface area contributed by atoms with Gasteiger partial charge in [0.15, 0.2) is 0 Å². The number of hydrogen-bond acceptors (Lipinski definition) is 0. The van der Waals surface area contributed by atoms with Crippen LogP contribution >= 0.6 is 0 Å². The Morgan fingerprint density at radius 3 is 2.20 bits per heavy atom. The first-order valence-electron chi connectivity index (χ1n) is 4.16. The van der Waals surface area contributed by atoms with E-state index in [1.165, 1.54) is 12.8 Å². The highest BCUT2D eigenvalue weighted by Gasteiger charge is 1.77. The smallest absolute Gasteiger partial charge is 0.00886 e. The Morgan fingerprint density at radius 1 is 1.10 bits per heavy atom. The Bertz CT molecular complexity index is 90.9. The Balaban J connectivity index is 2.98. The van der Waals surface area contributed by atoms with Crippen molar-refractivity contribution in [2.24, 2.45) is 0 Å². The molecule has 0 unspecified atom stereocenters. The van der Waals surface area contributed by atoms with Gasteiger partial charge in [0, 0.05) is 12.8 Å². The zero-order valence-electron chi connectivity index (χ0n) is 6.95. The zero-order chi connectivity index (χ0) is 7.66. The molecule has 0 amide bonds. The zero-order valence-corrected chi connectivity index (χ0v) is 6.95. The summed E-state index contributed by atoms with van der Waals surface area (Å²) in [5.74, 6) is 6.27. The molecule has 0 saturated carbocycles. The first-order chi connectivity index (χ1) is 4.91. The van der Waals surface area contributed by atoms with Gasteiger partial charge in [-0.05, 0) is 12.8 Å². The van der Waals surface area contributed by atoms with Crippen LogP contribution in [0.15, 0.2) is 0 Å². The lowest BCUT2D eigenvalue weighted by molar-refractivity contribution is 0.825. The van der Waals surface area contributed by atoms with E-state index >= 15 is 0 Å². The third-order valence-electron chi connectivity index (χ3n) is 1.33. The molecule has 10 heavy (non-hydrogen) atoms. The molecule has 0 aromatic carbocycles. The van der Waals surface area contributed by atoms with Crippen molar-refractivity contribution in [1.29, 1.82) is 0 Å². The average Bonchev–Trinajstić information content (AvgIpc) is 1.97. The average molecular weight is 137 g/mol. The van der Waals surface area contributed by atoms with Gasteiger partial charge in [0.1, 0.15) is 0 Å². The van der Waals surface area contributed by atoms with E-state index in [2.05, 4.69) is 25.7 Å². The van der Waals surface area contributed by atoms with E-state index in [1.54, 1.807) is 0 Å². The molecule has 0 spiro atoms. The van der Waals surface area contributed by atoms with Crippen molar-refractivity contribution >= 4 is 0 Å². The van der Waals surface area contributed by atoms with Crippen LogP contribution < -0.4 is 0 Å². The molecule has 0 aromatic rings. The highest BCUT2D eigenvalue weighted by Crippen LogP contribution is 1.93. The van der Waals surface area contributed by atoms with Gasteiger partial charge in [0.25, 0.3) is 0 Å². The minimum absolute atomic E-state index is 1.02. The summed E-state index contributed by atoms with van der Waals surface area (Å²) in [6.07, 6.45) is 6.78. The molecular formula is C10H17. The van der Waals surface area contributed by atoms with Gasteiger partial charge in [-0.25, -0.2) is 0 Å². The summed E-state index contributed by atoms with van der Waals surface area (Å²) in [5.41, 5.74) is 0. The maximum absolute atomic E-state index is 3.75. The molecule has 0 rings (SSSR count). The molecule has 0 saturated heterocycles. The van der Waals surface area contributed by atoms with Crippen molar-refractivity contribution in [3.05, 3.63) is 6.92 Å². The lowest BCUT2D eigenvalue weighted by Crippen LogP contribution is -1.69. The number of hydrogen-bond donors (Lipinski definition) is 0. The summed E-state index contributed by atoms with van der Waals surface area (Å²) < 4.78 is 0. The highest BCUT2D eigenvalue weighted by atomic mass is 13.8. The molecule has 1 radical (unpaired) electrons. The Kier molecular flexibility index (Phi) is 8.18. The molecule has 0 aliphatic heterocycles. The van der Waals surface area contributed by atoms with E-state index in [0.717, 1.165) is 25.7 Å². The molecule has 0 N–H and O–H groups in total. The molecule has 0 heterocycles. The first kappa shape index (κ1) is 9.56. The predicted molar refractivity (Wildman–Crippen MR) is 46.5 cm³/mol. The van der Waals surface area contributed by atoms with Gasteiger partial charge >= 0.3 is 0 Å². The topological polar surface area (TPSA) is 0 Å². The summed E-state index contributed by atoms with van der Waals surface area (Å²) in [7, 11) is 0. The van der Waals surface area contributed by atoms with E-state index in [0.29, 0.717) is 0 Å². The third-order valence-corrected chi connectivity index (χ3v) is 1.33. The Hall–Kier alpha value is -0.440. The normalized spacial score (nSPS) is 8.60. The minimum Gasteiger partial charge on any atom is -0.103 e. The minimum atomic E-state index is 1.02. The molecule has 0 fully saturated rings. The van der Waals surface area contributed by atoms with Gasteiger partial charge in [-0.3, -0.25) is 0 Å². The van der Waals surface area contributed by atoms with Gasteiger partial charge in [0.2, 0.25) is 0 Å². The van der Waals surface area contributed by atoms with Gasteiger partial charge in [-0.2, -0.15) is 0 Å². The molecule has 0 aliphatic rings. The second kappa shape index (κ2) is 8.56. The van der Waals surface area contributed by atoms with Crippen LogP contribution in [-0.4, -0.2) is 0 Å². The van der Waals surface area contributed by atoms with Gasteiger partial charge in [0.05, 0.1) is 0 Å². The molecule has 0 nitrogen and oxygen atoms in total. The Labute approximate surface area is 65.0 Å². The SMILES string of the molecule is [CH2]CCCC#CCCCC. The van der Waals surface area contributed by atoms with Crippen LogP contribution in [0.5, 0.6) is 0 Å². The molecule has 0 bridgehead atoms. The molecule has 0 aromatic heterocycles. The van der Waals surface area contributed by atoms with Crippen molar-refractivity contribution in [3.63, 3.8) is 0 Å². The summed E-state index contributed by atoms with van der Waals surface area (Å²) in [6.45, 7) is 5.94. The fraction of sp³-hybridized carbons (Fsp3) is 0.700. The van der Waals surface area contributed by atoms with Crippen LogP contribution in [0, 0.1) is 18.8 Å². The molecule has 0 atom stereocenters. The fourth-order valence-corrected chi connectivity index (χ4v) is 0.655. The van der Waals surface area contributed by atoms with Gasteiger partial charge in [-0.1, -0.05) is 26.7 Å². The number of rotatable bonds is 4. The summed E-state index contributed by atoms with van der Waals surface area (Å²) in [4.78, 5) is 0. The van der Waals surface area contributed by atoms with E-state index in [-0.39, 0.29) is 0 Å². The van der Waals surface area contributed by atoms with Gasteiger partial charge < -0.3 is 0 Å². The Morgan fingerprint density at radius 2 is 1.70 bits per heavy atom. The summed E-state index contributed by atoms with van der Waals surface area (Å²) in [6, 6.07) is 0. The predicted octanol–water partition coefficient (Wildman–Crippen LogP) is 3.18.